The van der Waals surface area contributed by atoms with Crippen molar-refractivity contribution in [1.82, 2.24) is 20.0 Å². The van der Waals surface area contributed by atoms with E-state index in [0.717, 1.165) is 19.5 Å². The van der Waals surface area contributed by atoms with Crippen molar-refractivity contribution >= 4 is 17.7 Å². The lowest BCUT2D eigenvalue weighted by Gasteiger charge is -2.22. The maximum absolute atomic E-state index is 12.4. The van der Waals surface area contributed by atoms with Crippen molar-refractivity contribution in [2.45, 2.75) is 25.8 Å². The van der Waals surface area contributed by atoms with E-state index < -0.39 is 5.97 Å². The third kappa shape index (κ3) is 3.95. The van der Waals surface area contributed by atoms with Gasteiger partial charge in [-0.15, -0.1) is 0 Å². The smallest absolute Gasteiger partial charge is 0.343 e. The molecule has 0 aliphatic carbocycles. The monoisotopic (exact) mass is 371 g/mol. The van der Waals surface area contributed by atoms with Crippen LogP contribution in [0.25, 0.3) is 5.69 Å². The van der Waals surface area contributed by atoms with Gasteiger partial charge in [-0.25, -0.2) is 9.48 Å². The molecule has 1 amide bonds. The lowest BCUT2D eigenvalue weighted by atomic mass is 10.1. The number of rotatable bonds is 6. The maximum Gasteiger partial charge on any atom is 0.343 e. The van der Waals surface area contributed by atoms with Crippen LogP contribution >= 0.6 is 0 Å². The highest BCUT2D eigenvalue weighted by Crippen LogP contribution is 2.19. The Morgan fingerprint density at radius 3 is 2.74 bits per heavy atom. The van der Waals surface area contributed by atoms with Crippen molar-refractivity contribution in [3.8, 4) is 5.69 Å². The Morgan fingerprint density at radius 2 is 2.07 bits per heavy atom. The minimum Gasteiger partial charge on any atom is -0.465 e. The zero-order chi connectivity index (χ0) is 19.4. The van der Waals surface area contributed by atoms with Crippen LogP contribution in [0.4, 0.5) is 5.82 Å². The number of aromatic nitrogens is 2. The molecule has 0 unspecified atom stereocenters. The Hall–Kier alpha value is -2.87. The average molecular weight is 371 g/mol. The quantitative estimate of drug-likeness (QED) is 0.745. The summed E-state index contributed by atoms with van der Waals surface area (Å²) in [6.07, 6.45) is 3.67. The highest BCUT2D eigenvalue weighted by atomic mass is 16.5. The Morgan fingerprint density at radius 1 is 1.33 bits per heavy atom. The van der Waals surface area contributed by atoms with E-state index in [1.54, 1.807) is 24.3 Å². The van der Waals surface area contributed by atoms with Gasteiger partial charge in [0.1, 0.15) is 11.4 Å². The third-order valence-electron chi connectivity index (χ3n) is 4.99. The topological polar surface area (TPSA) is 102 Å². The number of hydrogen-bond acceptors (Lipinski definition) is 6. The van der Waals surface area contributed by atoms with E-state index in [4.69, 9.17) is 5.73 Å². The van der Waals surface area contributed by atoms with Crippen LogP contribution in [0.1, 0.15) is 40.5 Å². The predicted octanol–water partition coefficient (Wildman–Crippen LogP) is 1.46. The van der Waals surface area contributed by atoms with E-state index in [2.05, 4.69) is 27.0 Å². The molecule has 8 heteroatoms. The molecule has 3 rings (SSSR count). The van der Waals surface area contributed by atoms with Crippen LogP contribution in [0, 0.1) is 0 Å². The van der Waals surface area contributed by atoms with Gasteiger partial charge in [-0.2, -0.15) is 5.10 Å². The molecule has 27 heavy (non-hydrogen) atoms. The van der Waals surface area contributed by atoms with Gasteiger partial charge in [-0.05, 0) is 50.2 Å². The SMILES string of the molecule is CCN1CCC[C@@H]1CNC(=O)c1ccc(-n2ncc(C(=O)OC)c2N)cc1. The first-order chi connectivity index (χ1) is 13.0. The minimum atomic E-state index is -0.539. The molecule has 144 valence electrons. The summed E-state index contributed by atoms with van der Waals surface area (Å²) >= 11 is 0. The third-order valence-corrected chi connectivity index (χ3v) is 4.99. The summed E-state index contributed by atoms with van der Waals surface area (Å²) < 4.78 is 6.11. The van der Waals surface area contributed by atoms with Crippen molar-refractivity contribution in [2.75, 3.05) is 32.5 Å². The molecule has 0 spiro atoms. The number of esters is 1. The van der Waals surface area contributed by atoms with Gasteiger partial charge >= 0.3 is 5.97 Å². The average Bonchev–Trinajstić information content (AvgIpc) is 3.31. The summed E-state index contributed by atoms with van der Waals surface area (Å²) in [5.74, 6) is -0.448. The number of ether oxygens (including phenoxy) is 1. The highest BCUT2D eigenvalue weighted by molar-refractivity contribution is 5.95. The number of likely N-dealkylation sites (N-methyl/N-ethyl adjacent to an activating group) is 1. The first kappa shape index (κ1) is 18.9. The van der Waals surface area contributed by atoms with Crippen molar-refractivity contribution < 1.29 is 14.3 Å². The van der Waals surface area contributed by atoms with E-state index >= 15 is 0 Å². The lowest BCUT2D eigenvalue weighted by molar-refractivity contribution is 0.0601. The van der Waals surface area contributed by atoms with Crippen LogP contribution in [-0.2, 0) is 4.74 Å². The maximum atomic E-state index is 12.4. The van der Waals surface area contributed by atoms with Gasteiger partial charge in [-0.1, -0.05) is 6.92 Å². The number of nitrogens with zero attached hydrogens (tertiary/aromatic N) is 3. The second-order valence-corrected chi connectivity index (χ2v) is 6.53. The molecule has 1 saturated heterocycles. The van der Waals surface area contributed by atoms with E-state index in [-0.39, 0.29) is 17.3 Å². The van der Waals surface area contributed by atoms with Crippen molar-refractivity contribution in [3.63, 3.8) is 0 Å². The first-order valence-corrected chi connectivity index (χ1v) is 9.09. The summed E-state index contributed by atoms with van der Waals surface area (Å²) in [4.78, 5) is 26.4. The van der Waals surface area contributed by atoms with Crippen LogP contribution in [0.3, 0.4) is 0 Å². The molecule has 1 aliphatic rings. The van der Waals surface area contributed by atoms with Crippen LogP contribution in [0.5, 0.6) is 0 Å². The fourth-order valence-electron chi connectivity index (χ4n) is 3.44. The predicted molar refractivity (Wildman–Crippen MR) is 102 cm³/mol. The van der Waals surface area contributed by atoms with E-state index in [1.165, 1.54) is 24.4 Å². The summed E-state index contributed by atoms with van der Waals surface area (Å²) in [6.45, 7) is 4.91. The number of anilines is 1. The number of carbonyl (C=O) groups is 2. The van der Waals surface area contributed by atoms with Gasteiger partial charge in [0.15, 0.2) is 0 Å². The number of nitrogen functional groups attached to an aromatic ring is 1. The molecule has 2 heterocycles. The number of amides is 1. The van der Waals surface area contributed by atoms with Gasteiger partial charge in [0.25, 0.3) is 5.91 Å². The van der Waals surface area contributed by atoms with Gasteiger partial charge in [0.2, 0.25) is 0 Å². The highest BCUT2D eigenvalue weighted by Gasteiger charge is 2.23. The lowest BCUT2D eigenvalue weighted by Crippen LogP contribution is -2.40. The number of nitrogens with two attached hydrogens (primary N) is 1. The minimum absolute atomic E-state index is 0.104. The number of carbonyl (C=O) groups excluding carboxylic acids is 2. The number of benzene rings is 1. The van der Waals surface area contributed by atoms with Gasteiger partial charge < -0.3 is 15.8 Å². The Labute approximate surface area is 158 Å². The Kier molecular flexibility index (Phi) is 5.75. The Balaban J connectivity index is 1.66. The molecule has 0 bridgehead atoms. The van der Waals surface area contributed by atoms with Crippen LogP contribution in [0.2, 0.25) is 0 Å². The van der Waals surface area contributed by atoms with Crippen molar-refractivity contribution in [1.29, 1.82) is 0 Å². The first-order valence-electron chi connectivity index (χ1n) is 9.09. The zero-order valence-electron chi connectivity index (χ0n) is 15.6. The largest absolute Gasteiger partial charge is 0.465 e. The number of likely N-dealkylation sites (tertiary alicyclic amines) is 1. The Bertz CT molecular complexity index is 815. The number of hydrogen-bond donors (Lipinski definition) is 2. The summed E-state index contributed by atoms with van der Waals surface area (Å²) in [5, 5.41) is 7.13. The van der Waals surface area contributed by atoms with Crippen molar-refractivity contribution in [3.05, 3.63) is 41.6 Å². The molecule has 1 aromatic carbocycles. The molecule has 0 radical (unpaired) electrons. The number of nitrogens with one attached hydrogen (secondary N) is 1. The zero-order valence-corrected chi connectivity index (χ0v) is 15.6. The van der Waals surface area contributed by atoms with Crippen LogP contribution < -0.4 is 11.1 Å². The fourth-order valence-corrected chi connectivity index (χ4v) is 3.44. The molecule has 0 saturated carbocycles. The van der Waals surface area contributed by atoms with E-state index in [0.29, 0.717) is 23.8 Å². The second kappa shape index (κ2) is 8.22. The molecule has 8 nitrogen and oxygen atoms in total. The molecular weight excluding hydrogens is 346 g/mol. The van der Waals surface area contributed by atoms with E-state index in [1.807, 2.05) is 0 Å². The molecular formula is C19H25N5O3. The van der Waals surface area contributed by atoms with E-state index in [9.17, 15) is 9.59 Å². The molecule has 3 N–H and O–H groups in total. The van der Waals surface area contributed by atoms with Crippen LogP contribution in [-0.4, -0.2) is 59.3 Å². The number of methoxy groups -OCH3 is 1. The fraction of sp³-hybridized carbons (Fsp3) is 0.421. The van der Waals surface area contributed by atoms with Crippen LogP contribution in [0.15, 0.2) is 30.5 Å². The molecule has 1 aliphatic heterocycles. The molecule has 2 aromatic rings. The standard InChI is InChI=1S/C19H25N5O3/c1-3-23-10-4-5-15(23)11-21-18(25)13-6-8-14(9-7-13)24-17(20)16(12-22-24)19(26)27-2/h6-9,12,15H,3-5,10-11,20H2,1-2H3,(H,21,25)/t15-/m1/s1. The van der Waals surface area contributed by atoms with Crippen molar-refractivity contribution in [2.24, 2.45) is 0 Å². The molecule has 1 fully saturated rings. The molecule has 1 aromatic heterocycles. The normalized spacial score (nSPS) is 17.0. The summed E-state index contributed by atoms with van der Waals surface area (Å²) in [7, 11) is 1.29. The molecule has 1 atom stereocenters. The van der Waals surface area contributed by atoms with Gasteiger partial charge in [0, 0.05) is 18.2 Å². The van der Waals surface area contributed by atoms with Gasteiger partial charge in [0.05, 0.1) is 19.0 Å². The van der Waals surface area contributed by atoms with Gasteiger partial charge in [-0.3, -0.25) is 9.69 Å². The second-order valence-electron chi connectivity index (χ2n) is 6.53. The summed E-state index contributed by atoms with van der Waals surface area (Å²) in [6, 6.07) is 7.34. The summed E-state index contributed by atoms with van der Waals surface area (Å²) in [5.41, 5.74) is 7.40.